The van der Waals surface area contributed by atoms with Gasteiger partial charge in [-0.1, -0.05) is 20.8 Å². The summed E-state index contributed by atoms with van der Waals surface area (Å²) in [5.74, 6) is -1.75. The fourth-order valence-electron chi connectivity index (χ4n) is 1.48. The Hall–Kier alpha value is -0.773. The van der Waals surface area contributed by atoms with Crippen LogP contribution in [0.5, 0.6) is 0 Å². The highest BCUT2D eigenvalue weighted by Gasteiger charge is 2.73. The predicted octanol–water partition coefficient (Wildman–Crippen LogP) is 4.74. The standard InChI is InChI=1S/C12H20F6O3Si/c1-9(2,3)22(4,5)21-10(11(13,14)15,12(16,17)18)7-6-8(19)20/h6-7H2,1-5H3,(H,19,20). The van der Waals surface area contributed by atoms with Crippen molar-refractivity contribution in [2.24, 2.45) is 0 Å². The molecule has 0 aromatic heterocycles. The average molecular weight is 354 g/mol. The van der Waals surface area contributed by atoms with Crippen LogP contribution < -0.4 is 0 Å². The lowest BCUT2D eigenvalue weighted by Crippen LogP contribution is -2.64. The number of alkyl halides is 6. The Morgan fingerprint density at radius 2 is 1.36 bits per heavy atom. The molecule has 0 saturated carbocycles. The minimum Gasteiger partial charge on any atom is -0.481 e. The first kappa shape index (κ1) is 21.2. The van der Waals surface area contributed by atoms with E-state index in [0.29, 0.717) is 0 Å². The van der Waals surface area contributed by atoms with Crippen molar-refractivity contribution in [1.82, 2.24) is 0 Å². The Balaban J connectivity index is 6.03. The SMILES string of the molecule is CC(C)(C)[Si](C)(C)OC(CCC(=O)O)(C(F)(F)F)C(F)(F)F. The molecule has 0 aromatic carbocycles. The molecule has 0 saturated heterocycles. The summed E-state index contributed by atoms with van der Waals surface area (Å²) in [6, 6.07) is 0. The van der Waals surface area contributed by atoms with Gasteiger partial charge in [-0.15, -0.1) is 0 Å². The van der Waals surface area contributed by atoms with E-state index in [2.05, 4.69) is 0 Å². The Morgan fingerprint density at radius 3 is 1.59 bits per heavy atom. The van der Waals surface area contributed by atoms with Crippen LogP contribution in [0.2, 0.25) is 18.1 Å². The summed E-state index contributed by atoms with van der Waals surface area (Å²) in [6.07, 6.45) is -14.5. The van der Waals surface area contributed by atoms with Gasteiger partial charge in [-0.05, 0) is 18.1 Å². The number of hydrogen-bond acceptors (Lipinski definition) is 2. The number of carbonyl (C=O) groups is 1. The molecule has 1 N–H and O–H groups in total. The van der Waals surface area contributed by atoms with Gasteiger partial charge in [0.15, 0.2) is 8.32 Å². The van der Waals surface area contributed by atoms with Crippen molar-refractivity contribution in [3.8, 4) is 0 Å². The Morgan fingerprint density at radius 1 is 1.00 bits per heavy atom. The van der Waals surface area contributed by atoms with E-state index in [-0.39, 0.29) is 0 Å². The van der Waals surface area contributed by atoms with E-state index in [1.807, 2.05) is 0 Å². The van der Waals surface area contributed by atoms with Gasteiger partial charge in [-0.3, -0.25) is 4.79 Å². The molecule has 0 radical (unpaired) electrons. The van der Waals surface area contributed by atoms with Gasteiger partial charge in [0.1, 0.15) is 0 Å². The van der Waals surface area contributed by atoms with Crippen LogP contribution in [0.1, 0.15) is 33.6 Å². The van der Waals surface area contributed by atoms with Crippen molar-refractivity contribution in [2.75, 3.05) is 0 Å². The molecule has 0 aromatic rings. The molecule has 0 amide bonds. The highest BCUT2D eigenvalue weighted by molar-refractivity contribution is 6.74. The van der Waals surface area contributed by atoms with E-state index in [0.717, 1.165) is 0 Å². The molecule has 0 heterocycles. The van der Waals surface area contributed by atoms with Gasteiger partial charge in [0, 0.05) is 12.8 Å². The molecular weight excluding hydrogens is 334 g/mol. The molecule has 3 nitrogen and oxygen atoms in total. The van der Waals surface area contributed by atoms with Crippen molar-refractivity contribution in [3.63, 3.8) is 0 Å². The predicted molar refractivity (Wildman–Crippen MR) is 70.0 cm³/mol. The quantitative estimate of drug-likeness (QED) is 0.573. The molecule has 22 heavy (non-hydrogen) atoms. The van der Waals surface area contributed by atoms with E-state index < -0.39 is 50.1 Å². The summed E-state index contributed by atoms with van der Waals surface area (Å²) in [6.45, 7) is 6.98. The second kappa shape index (κ2) is 6.03. The Kier molecular flexibility index (Phi) is 5.81. The van der Waals surface area contributed by atoms with Crippen LogP contribution >= 0.6 is 0 Å². The smallest absolute Gasteiger partial charge is 0.425 e. The molecule has 0 rings (SSSR count). The van der Waals surface area contributed by atoms with Crippen molar-refractivity contribution >= 4 is 14.3 Å². The Bertz CT molecular complexity index is 395. The van der Waals surface area contributed by atoms with Crippen LogP contribution in [0.4, 0.5) is 26.3 Å². The molecule has 0 aliphatic rings. The van der Waals surface area contributed by atoms with Gasteiger partial charge < -0.3 is 9.53 Å². The summed E-state index contributed by atoms with van der Waals surface area (Å²) >= 11 is 0. The fourth-order valence-corrected chi connectivity index (χ4v) is 2.99. The van der Waals surface area contributed by atoms with E-state index in [1.54, 1.807) is 0 Å². The summed E-state index contributed by atoms with van der Waals surface area (Å²) in [5.41, 5.74) is -4.47. The van der Waals surface area contributed by atoms with Gasteiger partial charge in [0.2, 0.25) is 5.60 Å². The first-order valence-electron chi connectivity index (χ1n) is 6.43. The summed E-state index contributed by atoms with van der Waals surface area (Å²) in [4.78, 5) is 10.5. The van der Waals surface area contributed by atoms with Gasteiger partial charge >= 0.3 is 18.3 Å². The minimum atomic E-state index is -5.77. The molecule has 10 heteroatoms. The van der Waals surface area contributed by atoms with Crippen LogP contribution in [-0.2, 0) is 9.22 Å². The van der Waals surface area contributed by atoms with Crippen LogP contribution in [-0.4, -0.2) is 37.3 Å². The highest BCUT2D eigenvalue weighted by atomic mass is 28.4. The van der Waals surface area contributed by atoms with Crippen LogP contribution in [0.3, 0.4) is 0 Å². The zero-order chi connectivity index (χ0) is 18.2. The van der Waals surface area contributed by atoms with Crippen molar-refractivity contribution in [2.45, 2.75) is 69.7 Å². The second-order valence-electron chi connectivity index (χ2n) is 6.58. The van der Waals surface area contributed by atoms with Gasteiger partial charge in [-0.2, -0.15) is 26.3 Å². The summed E-state index contributed by atoms with van der Waals surface area (Å²) in [5, 5.41) is 7.58. The van der Waals surface area contributed by atoms with E-state index in [1.165, 1.54) is 33.9 Å². The van der Waals surface area contributed by atoms with Crippen molar-refractivity contribution < 1.29 is 40.7 Å². The Labute approximate surface area is 125 Å². The lowest BCUT2D eigenvalue weighted by Gasteiger charge is -2.46. The number of aliphatic carboxylic acids is 1. The lowest BCUT2D eigenvalue weighted by atomic mass is 9.96. The first-order valence-corrected chi connectivity index (χ1v) is 9.34. The molecule has 0 unspecified atom stereocenters. The zero-order valence-electron chi connectivity index (χ0n) is 12.9. The van der Waals surface area contributed by atoms with Crippen molar-refractivity contribution in [1.29, 1.82) is 0 Å². The van der Waals surface area contributed by atoms with Gasteiger partial charge in [0.25, 0.3) is 0 Å². The first-order chi connectivity index (χ1) is 9.37. The lowest BCUT2D eigenvalue weighted by molar-refractivity contribution is -0.362. The van der Waals surface area contributed by atoms with Crippen LogP contribution in [0, 0.1) is 0 Å². The summed E-state index contributed by atoms with van der Waals surface area (Å²) < 4.78 is 84.0. The number of carboxylic acid groups (broad SMARTS) is 1. The van der Waals surface area contributed by atoms with E-state index in [9.17, 15) is 31.1 Å². The average Bonchev–Trinajstić information content (AvgIpc) is 2.18. The molecule has 0 spiro atoms. The maximum Gasteiger partial charge on any atom is 0.425 e. The van der Waals surface area contributed by atoms with Gasteiger partial charge in [0.05, 0.1) is 0 Å². The van der Waals surface area contributed by atoms with Crippen LogP contribution in [0.15, 0.2) is 0 Å². The number of halogens is 6. The number of hydrogen-bond donors (Lipinski definition) is 1. The molecule has 0 aliphatic heterocycles. The molecule has 0 aliphatic carbocycles. The van der Waals surface area contributed by atoms with E-state index >= 15 is 0 Å². The van der Waals surface area contributed by atoms with E-state index in [4.69, 9.17) is 9.53 Å². The fraction of sp³-hybridized carbons (Fsp3) is 0.917. The van der Waals surface area contributed by atoms with Crippen molar-refractivity contribution in [3.05, 3.63) is 0 Å². The molecule has 132 valence electrons. The zero-order valence-corrected chi connectivity index (χ0v) is 13.9. The van der Waals surface area contributed by atoms with Crippen LogP contribution in [0.25, 0.3) is 0 Å². The number of rotatable bonds is 5. The molecule has 0 bridgehead atoms. The summed E-state index contributed by atoms with van der Waals surface area (Å²) in [7, 11) is -3.46. The monoisotopic (exact) mass is 354 g/mol. The second-order valence-corrected chi connectivity index (χ2v) is 11.3. The third-order valence-corrected chi connectivity index (χ3v) is 8.31. The third-order valence-electron chi connectivity index (χ3n) is 3.84. The molecular formula is C12H20F6O3Si. The minimum absolute atomic E-state index is 0.905. The largest absolute Gasteiger partial charge is 0.481 e. The van der Waals surface area contributed by atoms with Gasteiger partial charge in [-0.25, -0.2) is 0 Å². The molecule has 0 atom stereocenters. The number of carboxylic acids is 1. The topological polar surface area (TPSA) is 46.5 Å². The maximum absolute atomic E-state index is 13.2. The molecule has 0 fully saturated rings. The third kappa shape index (κ3) is 4.37. The maximum atomic E-state index is 13.2. The highest BCUT2D eigenvalue weighted by Crippen LogP contribution is 2.52. The normalized spacial score (nSPS) is 15.0.